The highest BCUT2D eigenvalue weighted by Gasteiger charge is 2.44. The zero-order valence-electron chi connectivity index (χ0n) is 26.2. The molecule has 6 aromatic rings. The maximum Gasteiger partial charge on any atom is 0.178 e. The summed E-state index contributed by atoms with van der Waals surface area (Å²) in [7, 11) is 1.66. The van der Waals surface area contributed by atoms with Crippen molar-refractivity contribution in [2.75, 3.05) is 7.11 Å². The molecule has 3 nitrogen and oxygen atoms in total. The number of para-hydroxylation sites is 1. The van der Waals surface area contributed by atoms with E-state index in [1.54, 1.807) is 19.2 Å². The van der Waals surface area contributed by atoms with E-state index >= 15 is 4.39 Å². The van der Waals surface area contributed by atoms with Gasteiger partial charge in [-0.05, 0) is 89.2 Å². The lowest BCUT2D eigenvalue weighted by Gasteiger charge is -2.38. The summed E-state index contributed by atoms with van der Waals surface area (Å²) in [6.07, 6.45) is 4.32. The standard InChI is InChI=1S/C42H33FO3/c1-26-10-20-34-37(24-26)41(2,3)39-35-22-23-42(27-11-16-30(44-4)17-12-27,46-40(35)36-25-29(43)15-21-33(36)38(34)39)28-13-18-32(19-14-28)45-31-8-6-5-7-9-31/h5-25H,1-4H3. The molecular weight excluding hydrogens is 571 g/mol. The van der Waals surface area contributed by atoms with Gasteiger partial charge in [0.05, 0.1) is 7.11 Å². The molecule has 0 saturated heterocycles. The largest absolute Gasteiger partial charge is 0.497 e. The number of rotatable bonds is 5. The number of aryl methyl sites for hydroxylation is 1. The van der Waals surface area contributed by atoms with E-state index in [4.69, 9.17) is 14.2 Å². The van der Waals surface area contributed by atoms with E-state index < -0.39 is 5.60 Å². The van der Waals surface area contributed by atoms with Crippen LogP contribution in [0.25, 0.3) is 28.0 Å². The molecule has 0 bridgehead atoms. The third kappa shape index (κ3) is 4.24. The van der Waals surface area contributed by atoms with Gasteiger partial charge in [0.25, 0.3) is 0 Å². The zero-order valence-corrected chi connectivity index (χ0v) is 26.2. The van der Waals surface area contributed by atoms with Crippen molar-refractivity contribution in [2.24, 2.45) is 0 Å². The van der Waals surface area contributed by atoms with Crippen LogP contribution in [0.15, 0.2) is 121 Å². The van der Waals surface area contributed by atoms with Crippen LogP contribution in [0.3, 0.4) is 0 Å². The van der Waals surface area contributed by atoms with Gasteiger partial charge in [0.1, 0.15) is 28.8 Å². The molecule has 1 unspecified atom stereocenters. The molecule has 4 heteroatoms. The minimum atomic E-state index is -0.996. The Bertz CT molecular complexity index is 2160. The Morgan fingerprint density at radius 1 is 0.696 bits per heavy atom. The molecule has 2 aliphatic rings. The Hall–Kier alpha value is -5.35. The van der Waals surface area contributed by atoms with Crippen molar-refractivity contribution in [2.45, 2.75) is 31.8 Å². The predicted molar refractivity (Wildman–Crippen MR) is 183 cm³/mol. The van der Waals surface area contributed by atoms with Crippen molar-refractivity contribution in [1.82, 2.24) is 0 Å². The smallest absolute Gasteiger partial charge is 0.178 e. The summed E-state index contributed by atoms with van der Waals surface area (Å²) in [5.41, 5.74) is 7.59. The van der Waals surface area contributed by atoms with Crippen LogP contribution in [0.5, 0.6) is 23.0 Å². The molecule has 6 aromatic carbocycles. The fourth-order valence-corrected chi connectivity index (χ4v) is 7.28. The number of methoxy groups -OCH3 is 1. The highest BCUT2D eigenvalue weighted by molar-refractivity contribution is 6.08. The fraction of sp³-hybridized carbons (Fsp3) is 0.143. The van der Waals surface area contributed by atoms with Gasteiger partial charge >= 0.3 is 0 Å². The summed E-state index contributed by atoms with van der Waals surface area (Å²) in [4.78, 5) is 0. The predicted octanol–water partition coefficient (Wildman–Crippen LogP) is 10.7. The first-order valence-corrected chi connectivity index (χ1v) is 15.6. The van der Waals surface area contributed by atoms with Crippen LogP contribution in [0.4, 0.5) is 4.39 Å². The van der Waals surface area contributed by atoms with Gasteiger partial charge in [-0.1, -0.05) is 92.2 Å². The molecule has 0 aromatic heterocycles. The van der Waals surface area contributed by atoms with Gasteiger partial charge in [0.2, 0.25) is 0 Å². The molecule has 1 atom stereocenters. The first-order valence-electron chi connectivity index (χ1n) is 15.6. The number of benzene rings is 6. The summed E-state index contributed by atoms with van der Waals surface area (Å²) in [6, 6.07) is 37.4. The summed E-state index contributed by atoms with van der Waals surface area (Å²) in [5, 5.41) is 1.74. The van der Waals surface area contributed by atoms with Crippen molar-refractivity contribution in [3.63, 3.8) is 0 Å². The maximum atomic E-state index is 15.1. The van der Waals surface area contributed by atoms with Gasteiger partial charge < -0.3 is 14.2 Å². The Morgan fingerprint density at radius 2 is 1.37 bits per heavy atom. The van der Waals surface area contributed by atoms with Gasteiger partial charge in [-0.3, -0.25) is 0 Å². The molecule has 0 amide bonds. The van der Waals surface area contributed by atoms with E-state index in [0.717, 1.165) is 50.3 Å². The number of halogens is 1. The van der Waals surface area contributed by atoms with Gasteiger partial charge in [-0.2, -0.15) is 0 Å². The summed E-state index contributed by atoms with van der Waals surface area (Å²) in [5.74, 6) is 2.62. The monoisotopic (exact) mass is 604 g/mol. The van der Waals surface area contributed by atoms with E-state index in [-0.39, 0.29) is 11.2 Å². The molecule has 0 fully saturated rings. The molecule has 0 spiro atoms. The Labute approximate surface area is 268 Å². The van der Waals surface area contributed by atoms with Crippen molar-refractivity contribution in [3.8, 4) is 34.1 Å². The van der Waals surface area contributed by atoms with Crippen molar-refractivity contribution in [3.05, 3.63) is 161 Å². The number of hydrogen-bond acceptors (Lipinski definition) is 3. The fourth-order valence-electron chi connectivity index (χ4n) is 7.28. The van der Waals surface area contributed by atoms with Crippen LogP contribution in [0.1, 0.15) is 47.2 Å². The molecule has 0 saturated carbocycles. The normalized spacial score (nSPS) is 17.2. The third-order valence-electron chi connectivity index (χ3n) is 9.53. The molecule has 46 heavy (non-hydrogen) atoms. The number of fused-ring (bicyclic) bond motifs is 8. The Morgan fingerprint density at radius 3 is 2.07 bits per heavy atom. The van der Waals surface area contributed by atoms with E-state index in [9.17, 15) is 0 Å². The topological polar surface area (TPSA) is 27.7 Å². The van der Waals surface area contributed by atoms with Crippen LogP contribution in [-0.4, -0.2) is 7.11 Å². The molecule has 1 heterocycles. The SMILES string of the molecule is COc1ccc(C2(c3ccc(Oc4ccccc4)cc3)C=Cc3c4c(c5ccc(F)cc5c3O2)-c2ccc(C)cc2C4(C)C)cc1. The third-order valence-corrected chi connectivity index (χ3v) is 9.53. The molecule has 1 aliphatic heterocycles. The van der Waals surface area contributed by atoms with E-state index in [1.165, 1.54) is 22.3 Å². The number of hydrogen-bond donors (Lipinski definition) is 0. The molecular formula is C42H33FO3. The summed E-state index contributed by atoms with van der Waals surface area (Å²) >= 11 is 0. The Kier molecular flexibility index (Phi) is 6.33. The molecule has 0 N–H and O–H groups in total. The molecule has 226 valence electrons. The highest BCUT2D eigenvalue weighted by atomic mass is 19.1. The first-order chi connectivity index (χ1) is 22.3. The lowest BCUT2D eigenvalue weighted by molar-refractivity contribution is 0.163. The molecule has 0 radical (unpaired) electrons. The second-order valence-corrected chi connectivity index (χ2v) is 12.7. The summed E-state index contributed by atoms with van der Waals surface area (Å²) in [6.45, 7) is 6.68. The second kappa shape index (κ2) is 10.3. The quantitative estimate of drug-likeness (QED) is 0.196. The first kappa shape index (κ1) is 28.1. The van der Waals surface area contributed by atoms with Gasteiger partial charge in [0, 0.05) is 27.5 Å². The van der Waals surface area contributed by atoms with Crippen LogP contribution in [-0.2, 0) is 11.0 Å². The molecule has 1 aliphatic carbocycles. The molecule has 8 rings (SSSR count). The average Bonchev–Trinajstić information content (AvgIpc) is 3.31. The van der Waals surface area contributed by atoms with Crippen molar-refractivity contribution < 1.29 is 18.6 Å². The number of ether oxygens (including phenoxy) is 3. The van der Waals surface area contributed by atoms with E-state index in [1.807, 2.05) is 84.9 Å². The minimum Gasteiger partial charge on any atom is -0.497 e. The average molecular weight is 605 g/mol. The summed E-state index contributed by atoms with van der Waals surface area (Å²) < 4.78 is 34.0. The lowest BCUT2D eigenvalue weighted by Crippen LogP contribution is -2.35. The zero-order chi connectivity index (χ0) is 31.6. The van der Waals surface area contributed by atoms with Crippen molar-refractivity contribution in [1.29, 1.82) is 0 Å². The van der Waals surface area contributed by atoms with Crippen LogP contribution < -0.4 is 14.2 Å². The Balaban J connectivity index is 1.35. The van der Waals surface area contributed by atoms with E-state index in [0.29, 0.717) is 5.75 Å². The minimum absolute atomic E-state index is 0.284. The highest BCUT2D eigenvalue weighted by Crippen LogP contribution is 2.58. The van der Waals surface area contributed by atoms with Crippen LogP contribution in [0.2, 0.25) is 0 Å². The van der Waals surface area contributed by atoms with Gasteiger partial charge in [-0.25, -0.2) is 4.39 Å². The second-order valence-electron chi connectivity index (χ2n) is 12.7. The van der Waals surface area contributed by atoms with Gasteiger partial charge in [-0.15, -0.1) is 0 Å². The lowest BCUT2D eigenvalue weighted by atomic mass is 9.76. The van der Waals surface area contributed by atoms with Gasteiger partial charge in [0.15, 0.2) is 5.60 Å². The van der Waals surface area contributed by atoms with Crippen LogP contribution >= 0.6 is 0 Å². The van der Waals surface area contributed by atoms with Crippen LogP contribution in [0, 0.1) is 12.7 Å². The van der Waals surface area contributed by atoms with Crippen molar-refractivity contribution >= 4 is 16.8 Å². The van der Waals surface area contributed by atoms with E-state index in [2.05, 4.69) is 51.1 Å². The maximum absolute atomic E-state index is 15.1.